The third-order valence-electron chi connectivity index (χ3n) is 4.43. The molecule has 2 aromatic carbocycles. The van der Waals surface area contributed by atoms with E-state index in [2.05, 4.69) is 12.2 Å². The van der Waals surface area contributed by atoms with Crippen molar-refractivity contribution in [3.63, 3.8) is 0 Å². The number of hydrogen-bond acceptors (Lipinski definition) is 3. The summed E-state index contributed by atoms with van der Waals surface area (Å²) in [5.74, 6) is 0.531. The number of carbonyl (C=O) groups excluding carboxylic acids is 2. The summed E-state index contributed by atoms with van der Waals surface area (Å²) in [6.45, 7) is 2.75. The van der Waals surface area contributed by atoms with Gasteiger partial charge in [-0.2, -0.15) is 0 Å². The molecule has 25 heavy (non-hydrogen) atoms. The lowest BCUT2D eigenvalue weighted by Gasteiger charge is -2.20. The van der Waals surface area contributed by atoms with E-state index < -0.39 is 0 Å². The van der Waals surface area contributed by atoms with Gasteiger partial charge in [0.05, 0.1) is 12.8 Å². The van der Waals surface area contributed by atoms with E-state index in [1.165, 1.54) is 5.56 Å². The molecule has 5 heteroatoms. The summed E-state index contributed by atoms with van der Waals surface area (Å²) in [5.41, 5.74) is 3.13. The van der Waals surface area contributed by atoms with E-state index in [1.54, 1.807) is 30.2 Å². The Morgan fingerprint density at radius 1 is 1.20 bits per heavy atom. The molecule has 3 rings (SSSR count). The Labute approximate surface area is 147 Å². The number of methoxy groups -OCH3 is 1. The third-order valence-corrected chi connectivity index (χ3v) is 4.43. The molecule has 0 bridgehead atoms. The van der Waals surface area contributed by atoms with Crippen LogP contribution in [0.2, 0.25) is 0 Å². The number of hydrogen-bond donors (Lipinski definition) is 1. The molecular formula is C20H22N2O3. The zero-order valence-electron chi connectivity index (χ0n) is 14.5. The highest BCUT2D eigenvalue weighted by Crippen LogP contribution is 2.34. The molecule has 0 aromatic heterocycles. The molecule has 0 spiro atoms. The number of anilines is 2. The Morgan fingerprint density at radius 3 is 2.56 bits per heavy atom. The normalized spacial score (nSPS) is 13.8. The van der Waals surface area contributed by atoms with E-state index in [-0.39, 0.29) is 11.8 Å². The van der Waals surface area contributed by atoms with Gasteiger partial charge in [0.15, 0.2) is 0 Å². The fourth-order valence-corrected chi connectivity index (χ4v) is 2.98. The molecule has 1 N–H and O–H groups in total. The summed E-state index contributed by atoms with van der Waals surface area (Å²) >= 11 is 0. The lowest BCUT2D eigenvalue weighted by Crippen LogP contribution is -2.24. The standard InChI is InChI=1S/C20H22N2O3/c1-3-14-6-8-15(9-7-14)20(24)21-16-10-11-18(25-2)17(13-16)22-12-4-5-19(22)23/h6-11,13H,3-5,12H2,1-2H3,(H,21,24). The molecule has 1 saturated heterocycles. The molecule has 1 aliphatic heterocycles. The highest BCUT2D eigenvalue weighted by Gasteiger charge is 2.24. The number of benzene rings is 2. The van der Waals surface area contributed by atoms with E-state index >= 15 is 0 Å². The van der Waals surface area contributed by atoms with Crippen LogP contribution in [0, 0.1) is 0 Å². The van der Waals surface area contributed by atoms with Crippen molar-refractivity contribution in [1.82, 2.24) is 0 Å². The molecule has 0 unspecified atom stereocenters. The van der Waals surface area contributed by atoms with Gasteiger partial charge in [-0.25, -0.2) is 0 Å². The maximum atomic E-state index is 12.4. The predicted molar refractivity (Wildman–Crippen MR) is 98.4 cm³/mol. The van der Waals surface area contributed by atoms with Crippen LogP contribution in [0.1, 0.15) is 35.7 Å². The predicted octanol–water partition coefficient (Wildman–Crippen LogP) is 3.64. The molecule has 5 nitrogen and oxygen atoms in total. The Balaban J connectivity index is 1.82. The van der Waals surface area contributed by atoms with Crippen LogP contribution in [0.4, 0.5) is 11.4 Å². The smallest absolute Gasteiger partial charge is 0.255 e. The number of ether oxygens (including phenoxy) is 1. The van der Waals surface area contributed by atoms with E-state index in [9.17, 15) is 9.59 Å². The van der Waals surface area contributed by atoms with Gasteiger partial charge in [0.1, 0.15) is 5.75 Å². The minimum Gasteiger partial charge on any atom is -0.495 e. The van der Waals surface area contributed by atoms with Gasteiger partial charge >= 0.3 is 0 Å². The fraction of sp³-hybridized carbons (Fsp3) is 0.300. The van der Waals surface area contributed by atoms with E-state index in [0.29, 0.717) is 35.7 Å². The van der Waals surface area contributed by atoms with Crippen molar-refractivity contribution >= 4 is 23.2 Å². The quantitative estimate of drug-likeness (QED) is 0.905. The zero-order chi connectivity index (χ0) is 17.8. The van der Waals surface area contributed by atoms with Gasteiger partial charge in [0.25, 0.3) is 5.91 Å². The van der Waals surface area contributed by atoms with Crippen molar-refractivity contribution in [3.05, 3.63) is 53.6 Å². The maximum absolute atomic E-state index is 12.4. The topological polar surface area (TPSA) is 58.6 Å². The summed E-state index contributed by atoms with van der Waals surface area (Å²) in [5, 5.41) is 2.89. The zero-order valence-corrected chi connectivity index (χ0v) is 14.5. The number of carbonyl (C=O) groups is 2. The molecule has 2 amide bonds. The molecule has 130 valence electrons. The molecule has 1 aliphatic rings. The third kappa shape index (κ3) is 3.65. The van der Waals surface area contributed by atoms with Gasteiger partial charge in [-0.15, -0.1) is 0 Å². The fourth-order valence-electron chi connectivity index (χ4n) is 2.98. The highest BCUT2D eigenvalue weighted by molar-refractivity contribution is 6.05. The molecule has 0 atom stereocenters. The highest BCUT2D eigenvalue weighted by atomic mass is 16.5. The van der Waals surface area contributed by atoms with Crippen molar-refractivity contribution in [3.8, 4) is 5.75 Å². The summed E-state index contributed by atoms with van der Waals surface area (Å²) in [6, 6.07) is 12.9. The van der Waals surface area contributed by atoms with Crippen molar-refractivity contribution in [2.24, 2.45) is 0 Å². The second kappa shape index (κ2) is 7.38. The Morgan fingerprint density at radius 2 is 1.96 bits per heavy atom. The first kappa shape index (κ1) is 17.0. The largest absolute Gasteiger partial charge is 0.495 e. The van der Waals surface area contributed by atoms with Gasteiger partial charge in [-0.05, 0) is 48.7 Å². The molecular weight excluding hydrogens is 316 g/mol. The molecule has 0 radical (unpaired) electrons. The summed E-state index contributed by atoms with van der Waals surface area (Å²) in [7, 11) is 1.58. The van der Waals surface area contributed by atoms with Crippen LogP contribution < -0.4 is 15.0 Å². The van der Waals surface area contributed by atoms with E-state index in [0.717, 1.165) is 12.8 Å². The first-order valence-corrected chi connectivity index (χ1v) is 8.51. The average molecular weight is 338 g/mol. The second-order valence-electron chi connectivity index (χ2n) is 6.04. The van der Waals surface area contributed by atoms with Crippen LogP contribution >= 0.6 is 0 Å². The van der Waals surface area contributed by atoms with Gasteiger partial charge in [-0.3, -0.25) is 9.59 Å². The lowest BCUT2D eigenvalue weighted by molar-refractivity contribution is -0.117. The van der Waals surface area contributed by atoms with Gasteiger partial charge in [0.2, 0.25) is 5.91 Å². The first-order valence-electron chi connectivity index (χ1n) is 8.51. The lowest BCUT2D eigenvalue weighted by atomic mass is 10.1. The van der Waals surface area contributed by atoms with Crippen LogP contribution in [0.25, 0.3) is 0 Å². The van der Waals surface area contributed by atoms with Crippen LogP contribution in [0.3, 0.4) is 0 Å². The summed E-state index contributed by atoms with van der Waals surface area (Å²) in [4.78, 5) is 26.2. The second-order valence-corrected chi connectivity index (χ2v) is 6.04. The average Bonchev–Trinajstić information content (AvgIpc) is 3.07. The van der Waals surface area contributed by atoms with Crippen molar-refractivity contribution in [1.29, 1.82) is 0 Å². The first-order chi connectivity index (χ1) is 12.1. The van der Waals surface area contributed by atoms with Crippen LogP contribution in [0.15, 0.2) is 42.5 Å². The molecule has 1 fully saturated rings. The number of nitrogens with zero attached hydrogens (tertiary/aromatic N) is 1. The molecule has 2 aromatic rings. The minimum atomic E-state index is -0.175. The van der Waals surface area contributed by atoms with Crippen LogP contribution in [-0.4, -0.2) is 25.5 Å². The van der Waals surface area contributed by atoms with Gasteiger partial charge in [0, 0.05) is 24.2 Å². The molecule has 1 heterocycles. The Kier molecular flexibility index (Phi) is 5.03. The summed E-state index contributed by atoms with van der Waals surface area (Å²) in [6.07, 6.45) is 2.32. The number of aryl methyl sites for hydroxylation is 1. The molecule has 0 saturated carbocycles. The molecule has 0 aliphatic carbocycles. The van der Waals surface area contributed by atoms with Crippen molar-refractivity contribution in [2.75, 3.05) is 23.9 Å². The number of amides is 2. The number of rotatable bonds is 5. The van der Waals surface area contributed by atoms with E-state index in [4.69, 9.17) is 4.74 Å². The maximum Gasteiger partial charge on any atom is 0.255 e. The monoisotopic (exact) mass is 338 g/mol. The Hall–Kier alpha value is -2.82. The Bertz CT molecular complexity index is 784. The van der Waals surface area contributed by atoms with Crippen molar-refractivity contribution < 1.29 is 14.3 Å². The SMILES string of the molecule is CCc1ccc(C(=O)Nc2ccc(OC)c(N3CCCC3=O)c2)cc1. The number of nitrogens with one attached hydrogen (secondary N) is 1. The van der Waals surface area contributed by atoms with Gasteiger partial charge < -0.3 is 15.0 Å². The van der Waals surface area contributed by atoms with Crippen LogP contribution in [-0.2, 0) is 11.2 Å². The van der Waals surface area contributed by atoms with Gasteiger partial charge in [-0.1, -0.05) is 19.1 Å². The van der Waals surface area contributed by atoms with Crippen molar-refractivity contribution in [2.45, 2.75) is 26.2 Å². The van der Waals surface area contributed by atoms with E-state index in [1.807, 2.05) is 24.3 Å². The summed E-state index contributed by atoms with van der Waals surface area (Å²) < 4.78 is 5.37. The van der Waals surface area contributed by atoms with Crippen LogP contribution in [0.5, 0.6) is 5.75 Å². The minimum absolute atomic E-state index is 0.0805.